The molecule has 0 aliphatic rings. The number of carboxylic acids is 1. The smallest absolute Gasteiger partial charge is 0.352 e. The van der Waals surface area contributed by atoms with Crippen molar-refractivity contribution in [3.05, 3.63) is 94.1 Å². The van der Waals surface area contributed by atoms with Crippen molar-refractivity contribution < 1.29 is 19.4 Å². The number of ether oxygens (including phenoxy) is 1. The Morgan fingerprint density at radius 1 is 0.966 bits per heavy atom. The van der Waals surface area contributed by atoms with E-state index < -0.39 is 11.9 Å². The molecule has 146 valence electrons. The number of hydrogen-bond acceptors (Lipinski definition) is 4. The van der Waals surface area contributed by atoms with Crippen LogP contribution in [0.4, 0.5) is 5.69 Å². The predicted octanol–water partition coefficient (Wildman–Crippen LogP) is 4.68. The van der Waals surface area contributed by atoms with Crippen molar-refractivity contribution in [3.63, 3.8) is 0 Å². The molecule has 0 spiro atoms. The number of para-hydroxylation sites is 1. The summed E-state index contributed by atoms with van der Waals surface area (Å²) in [6, 6.07) is 20.6. The average molecular weight is 453 g/mol. The van der Waals surface area contributed by atoms with Gasteiger partial charge in [0, 0.05) is 5.56 Å². The highest BCUT2D eigenvalue weighted by atomic mass is 79.9. The fourth-order valence-corrected chi connectivity index (χ4v) is 2.86. The van der Waals surface area contributed by atoms with E-state index in [9.17, 15) is 14.7 Å². The van der Waals surface area contributed by atoms with Gasteiger partial charge >= 0.3 is 5.97 Å². The molecule has 0 bridgehead atoms. The fraction of sp³-hybridized carbons (Fsp3) is 0. The Morgan fingerprint density at radius 3 is 2.31 bits per heavy atom. The van der Waals surface area contributed by atoms with E-state index in [4.69, 9.17) is 10.5 Å². The molecule has 0 unspecified atom stereocenters. The van der Waals surface area contributed by atoms with Crippen LogP contribution in [0, 0.1) is 0 Å². The number of carbonyl (C=O) groups excluding carboxylic acids is 1. The SMILES string of the molecule is Nc1cc(/C=C(\NC(=O)c2ccccc2)C(=O)O)ccc1Oc1ccccc1Br. The highest BCUT2D eigenvalue weighted by Gasteiger charge is 2.14. The third-order valence-corrected chi connectivity index (χ3v) is 4.57. The summed E-state index contributed by atoms with van der Waals surface area (Å²) in [7, 11) is 0. The zero-order chi connectivity index (χ0) is 20.8. The van der Waals surface area contributed by atoms with E-state index in [1.54, 1.807) is 54.6 Å². The lowest BCUT2D eigenvalue weighted by Crippen LogP contribution is -2.27. The number of rotatable bonds is 6. The largest absolute Gasteiger partial charge is 0.477 e. The van der Waals surface area contributed by atoms with E-state index in [0.29, 0.717) is 28.3 Å². The first-order chi connectivity index (χ1) is 13.9. The topological polar surface area (TPSA) is 102 Å². The Labute approximate surface area is 175 Å². The maximum absolute atomic E-state index is 12.2. The van der Waals surface area contributed by atoms with Gasteiger partial charge in [-0.1, -0.05) is 36.4 Å². The molecule has 0 aliphatic heterocycles. The molecule has 29 heavy (non-hydrogen) atoms. The molecule has 6 nitrogen and oxygen atoms in total. The van der Waals surface area contributed by atoms with Crippen molar-refractivity contribution in [2.75, 3.05) is 5.73 Å². The van der Waals surface area contributed by atoms with Gasteiger partial charge in [0.15, 0.2) is 0 Å². The zero-order valence-corrected chi connectivity index (χ0v) is 16.7. The molecule has 1 amide bonds. The second-order valence-corrected chi connectivity index (χ2v) is 6.87. The number of hydrogen-bond donors (Lipinski definition) is 3. The molecular weight excluding hydrogens is 436 g/mol. The van der Waals surface area contributed by atoms with Crippen LogP contribution in [-0.2, 0) is 4.79 Å². The van der Waals surface area contributed by atoms with Crippen LogP contribution in [0.25, 0.3) is 6.08 Å². The lowest BCUT2D eigenvalue weighted by molar-refractivity contribution is -0.132. The highest BCUT2D eigenvalue weighted by molar-refractivity contribution is 9.10. The first kappa shape index (κ1) is 20.2. The Balaban J connectivity index is 1.81. The van der Waals surface area contributed by atoms with Gasteiger partial charge in [-0.3, -0.25) is 4.79 Å². The number of carbonyl (C=O) groups is 2. The first-order valence-corrected chi connectivity index (χ1v) is 9.36. The van der Waals surface area contributed by atoms with Crippen LogP contribution in [0.1, 0.15) is 15.9 Å². The maximum atomic E-state index is 12.2. The van der Waals surface area contributed by atoms with Crippen LogP contribution < -0.4 is 15.8 Å². The van der Waals surface area contributed by atoms with Crippen LogP contribution in [0.15, 0.2) is 83.0 Å². The van der Waals surface area contributed by atoms with Gasteiger partial charge in [-0.05, 0) is 64.0 Å². The third-order valence-electron chi connectivity index (χ3n) is 3.92. The van der Waals surface area contributed by atoms with Gasteiger partial charge in [0.25, 0.3) is 5.91 Å². The summed E-state index contributed by atoms with van der Waals surface area (Å²) in [5.41, 5.74) is 6.99. The van der Waals surface area contributed by atoms with Gasteiger partial charge in [-0.25, -0.2) is 4.79 Å². The van der Waals surface area contributed by atoms with Crippen molar-refractivity contribution in [1.29, 1.82) is 0 Å². The number of halogens is 1. The molecular formula is C22H17BrN2O4. The standard InChI is InChI=1S/C22H17BrN2O4/c23-16-8-4-5-9-19(16)29-20-11-10-14(12-17(20)24)13-18(22(27)28)25-21(26)15-6-2-1-3-7-15/h1-13H,24H2,(H,25,26)(H,27,28)/b18-13-. The van der Waals surface area contributed by atoms with E-state index in [1.807, 2.05) is 18.2 Å². The first-order valence-electron chi connectivity index (χ1n) is 8.57. The molecule has 4 N–H and O–H groups in total. The monoisotopic (exact) mass is 452 g/mol. The van der Waals surface area contributed by atoms with Gasteiger partial charge in [-0.15, -0.1) is 0 Å². The Morgan fingerprint density at radius 2 is 1.66 bits per heavy atom. The summed E-state index contributed by atoms with van der Waals surface area (Å²) in [5, 5.41) is 11.8. The average Bonchev–Trinajstić information content (AvgIpc) is 2.71. The van der Waals surface area contributed by atoms with E-state index in [0.717, 1.165) is 4.47 Å². The van der Waals surface area contributed by atoms with Crippen LogP contribution in [-0.4, -0.2) is 17.0 Å². The molecule has 7 heteroatoms. The summed E-state index contributed by atoms with van der Waals surface area (Å²) in [4.78, 5) is 23.8. The molecule has 0 fully saturated rings. The van der Waals surface area contributed by atoms with Crippen molar-refractivity contribution >= 4 is 39.6 Å². The summed E-state index contributed by atoms with van der Waals surface area (Å²) < 4.78 is 6.57. The van der Waals surface area contributed by atoms with E-state index >= 15 is 0 Å². The number of nitrogen functional groups attached to an aromatic ring is 1. The number of nitrogens with two attached hydrogens (primary N) is 1. The maximum Gasteiger partial charge on any atom is 0.352 e. The van der Waals surface area contributed by atoms with Gasteiger partial charge in [-0.2, -0.15) is 0 Å². The molecule has 0 heterocycles. The number of carboxylic acid groups (broad SMARTS) is 1. The molecule has 0 saturated carbocycles. The molecule has 0 saturated heterocycles. The van der Waals surface area contributed by atoms with Gasteiger partial charge < -0.3 is 20.9 Å². The second kappa shape index (κ2) is 9.07. The van der Waals surface area contributed by atoms with Crippen LogP contribution in [0.2, 0.25) is 0 Å². The summed E-state index contributed by atoms with van der Waals surface area (Å²) in [6.07, 6.45) is 1.34. The molecule has 3 aromatic carbocycles. The summed E-state index contributed by atoms with van der Waals surface area (Å²) >= 11 is 3.40. The van der Waals surface area contributed by atoms with E-state index in [-0.39, 0.29) is 5.70 Å². The molecule has 3 rings (SSSR count). The van der Waals surface area contributed by atoms with Crippen LogP contribution in [0.3, 0.4) is 0 Å². The minimum Gasteiger partial charge on any atom is -0.477 e. The lowest BCUT2D eigenvalue weighted by atomic mass is 10.1. The molecule has 0 aromatic heterocycles. The van der Waals surface area contributed by atoms with E-state index in [2.05, 4.69) is 21.2 Å². The van der Waals surface area contributed by atoms with Crippen molar-refractivity contribution in [1.82, 2.24) is 5.32 Å². The second-order valence-electron chi connectivity index (χ2n) is 6.01. The fourth-order valence-electron chi connectivity index (χ4n) is 2.50. The molecule has 0 radical (unpaired) electrons. The minimum absolute atomic E-state index is 0.266. The Kier molecular flexibility index (Phi) is 6.31. The quantitative estimate of drug-likeness (QED) is 0.372. The third kappa shape index (κ3) is 5.24. The van der Waals surface area contributed by atoms with Gasteiger partial charge in [0.1, 0.15) is 17.2 Å². The van der Waals surface area contributed by atoms with Crippen molar-refractivity contribution in [2.45, 2.75) is 0 Å². The normalized spacial score (nSPS) is 11.0. The zero-order valence-electron chi connectivity index (χ0n) is 15.1. The van der Waals surface area contributed by atoms with Crippen molar-refractivity contribution in [3.8, 4) is 11.5 Å². The Hall–Kier alpha value is -3.58. The van der Waals surface area contributed by atoms with Gasteiger partial charge in [0.2, 0.25) is 0 Å². The van der Waals surface area contributed by atoms with E-state index in [1.165, 1.54) is 6.08 Å². The number of benzene rings is 3. The number of aliphatic carboxylic acids is 1. The van der Waals surface area contributed by atoms with Crippen LogP contribution >= 0.6 is 15.9 Å². The predicted molar refractivity (Wildman–Crippen MR) is 115 cm³/mol. The minimum atomic E-state index is -1.26. The number of anilines is 1. The summed E-state index contributed by atoms with van der Waals surface area (Å²) in [6.45, 7) is 0. The molecule has 0 aliphatic carbocycles. The summed E-state index contributed by atoms with van der Waals surface area (Å²) in [5.74, 6) is -0.745. The lowest BCUT2D eigenvalue weighted by Gasteiger charge is -2.11. The number of nitrogens with one attached hydrogen (secondary N) is 1. The number of amides is 1. The van der Waals surface area contributed by atoms with Crippen LogP contribution in [0.5, 0.6) is 11.5 Å². The van der Waals surface area contributed by atoms with Crippen molar-refractivity contribution in [2.24, 2.45) is 0 Å². The molecule has 0 atom stereocenters. The Bertz CT molecular complexity index is 1080. The highest BCUT2D eigenvalue weighted by Crippen LogP contribution is 2.33. The van der Waals surface area contributed by atoms with Gasteiger partial charge in [0.05, 0.1) is 10.2 Å². The molecule has 3 aromatic rings.